The number of fused-ring (bicyclic) bond motifs is 1. The van der Waals surface area contributed by atoms with Crippen LogP contribution in [0.3, 0.4) is 0 Å². The summed E-state index contributed by atoms with van der Waals surface area (Å²) in [5.41, 5.74) is 3.01. The summed E-state index contributed by atoms with van der Waals surface area (Å²) in [6, 6.07) is 11.9. The van der Waals surface area contributed by atoms with Gasteiger partial charge in [0.1, 0.15) is 17.5 Å². The van der Waals surface area contributed by atoms with Crippen LogP contribution in [0.2, 0.25) is 0 Å². The zero-order valence-corrected chi connectivity index (χ0v) is 22.8. The lowest BCUT2D eigenvalue weighted by Crippen LogP contribution is -2.16. The zero-order chi connectivity index (χ0) is 28.1. The Balaban J connectivity index is 1.68. The number of halogens is 3. The van der Waals surface area contributed by atoms with E-state index in [4.69, 9.17) is 4.74 Å². The molecule has 0 aliphatic heterocycles. The second-order valence-electron chi connectivity index (χ2n) is 9.49. The van der Waals surface area contributed by atoms with Crippen molar-refractivity contribution in [3.05, 3.63) is 77.0 Å². The average molecular weight is 539 g/mol. The second-order valence-corrected chi connectivity index (χ2v) is 9.49. The molecule has 0 atom stereocenters. The number of nitrogens with one attached hydrogen (secondary N) is 1. The molecule has 0 amide bonds. The minimum absolute atomic E-state index is 0.000632. The van der Waals surface area contributed by atoms with E-state index in [1.807, 2.05) is 51.2 Å². The first-order chi connectivity index (χ1) is 18.7. The molecule has 0 saturated carbocycles. The van der Waals surface area contributed by atoms with Crippen LogP contribution in [0.5, 0.6) is 5.88 Å². The molecule has 0 bridgehead atoms. The number of benzene rings is 2. The molecule has 7 nitrogen and oxygen atoms in total. The van der Waals surface area contributed by atoms with Gasteiger partial charge in [0.15, 0.2) is 0 Å². The molecule has 0 unspecified atom stereocenters. The summed E-state index contributed by atoms with van der Waals surface area (Å²) in [6.45, 7) is 2.80. The summed E-state index contributed by atoms with van der Waals surface area (Å²) >= 11 is 0. The van der Waals surface area contributed by atoms with Gasteiger partial charge >= 0.3 is 0 Å². The lowest BCUT2D eigenvalue weighted by Gasteiger charge is -2.22. The lowest BCUT2D eigenvalue weighted by molar-refractivity contribution is 0.146. The van der Waals surface area contributed by atoms with Crippen LogP contribution >= 0.6 is 0 Å². The summed E-state index contributed by atoms with van der Waals surface area (Å²) in [7, 11) is 7.60. The third kappa shape index (κ3) is 6.39. The van der Waals surface area contributed by atoms with Crippen molar-refractivity contribution in [2.24, 2.45) is 0 Å². The van der Waals surface area contributed by atoms with Crippen molar-refractivity contribution < 1.29 is 17.9 Å². The van der Waals surface area contributed by atoms with Gasteiger partial charge < -0.3 is 19.9 Å². The van der Waals surface area contributed by atoms with E-state index in [0.29, 0.717) is 23.9 Å². The minimum Gasteiger partial charge on any atom is -0.481 e. The summed E-state index contributed by atoms with van der Waals surface area (Å²) in [6.07, 6.45) is 0.268. The summed E-state index contributed by atoms with van der Waals surface area (Å²) in [5.74, 6) is 0.820. The van der Waals surface area contributed by atoms with Crippen LogP contribution in [0.4, 0.5) is 30.4 Å². The Hall–Kier alpha value is -3.92. The number of anilines is 3. The quantitative estimate of drug-likeness (QED) is 0.245. The van der Waals surface area contributed by atoms with E-state index in [2.05, 4.69) is 31.2 Å². The monoisotopic (exact) mass is 538 g/mol. The number of likely N-dealkylation sites (N-methyl/N-ethyl adjacent to an activating group) is 1. The van der Waals surface area contributed by atoms with Crippen molar-refractivity contribution in [3.63, 3.8) is 0 Å². The van der Waals surface area contributed by atoms with Crippen molar-refractivity contribution in [2.45, 2.75) is 32.7 Å². The molecule has 0 aliphatic rings. The molecule has 206 valence electrons. The van der Waals surface area contributed by atoms with Gasteiger partial charge in [-0.2, -0.15) is 0 Å². The van der Waals surface area contributed by atoms with E-state index in [0.717, 1.165) is 46.9 Å². The molecule has 1 N–H and O–H groups in total. The van der Waals surface area contributed by atoms with E-state index >= 15 is 0 Å². The molecule has 4 aromatic rings. The molecule has 0 aliphatic carbocycles. The molecule has 0 radical (unpaired) electrons. The van der Waals surface area contributed by atoms with E-state index in [1.165, 1.54) is 12.1 Å². The maximum Gasteiger partial charge on any atom is 0.266 e. The van der Waals surface area contributed by atoms with Crippen molar-refractivity contribution >= 4 is 28.1 Å². The predicted molar refractivity (Wildman–Crippen MR) is 149 cm³/mol. The molecule has 0 fully saturated rings. The van der Waals surface area contributed by atoms with Crippen LogP contribution < -0.4 is 15.0 Å². The number of alkyl halides is 2. The summed E-state index contributed by atoms with van der Waals surface area (Å²) in [4.78, 5) is 17.9. The highest BCUT2D eigenvalue weighted by Gasteiger charge is 2.17. The molecule has 2 aromatic heterocycles. The molecular weight excluding hydrogens is 505 g/mol. The average Bonchev–Trinajstić information content (AvgIpc) is 2.94. The molecule has 4 rings (SSSR count). The number of hydrogen-bond donors (Lipinski definition) is 1. The Morgan fingerprint density at radius 1 is 1.00 bits per heavy atom. The molecule has 2 aromatic carbocycles. The Labute approximate surface area is 226 Å². The lowest BCUT2D eigenvalue weighted by atomic mass is 10.1. The number of pyridine rings is 1. The highest BCUT2D eigenvalue weighted by Crippen LogP contribution is 2.32. The molecule has 39 heavy (non-hydrogen) atoms. The SMILES string of the molecule is CCc1nc(NCc2cccc(C(F)F)c2F)c2cc(N(C)c3cnc(OC)c(CCN(C)C)c3)ccc2n1. The topological polar surface area (TPSA) is 66.4 Å². The molecule has 0 spiro atoms. The smallest absolute Gasteiger partial charge is 0.266 e. The van der Waals surface area contributed by atoms with Crippen molar-refractivity contribution in [1.29, 1.82) is 0 Å². The minimum atomic E-state index is -2.88. The Bertz CT molecular complexity index is 1450. The van der Waals surface area contributed by atoms with Gasteiger partial charge in [0, 0.05) is 48.8 Å². The molecular formula is C29H33F3N6O. The normalized spacial score (nSPS) is 11.4. The Morgan fingerprint density at radius 3 is 2.49 bits per heavy atom. The fourth-order valence-corrected chi connectivity index (χ4v) is 4.27. The number of ether oxygens (including phenoxy) is 1. The second kappa shape index (κ2) is 12.3. The van der Waals surface area contributed by atoms with E-state index < -0.39 is 17.8 Å². The standard InChI is InChI=1S/C29H33F3N6O/c1-6-25-35-24-11-10-20(38(4)21-14-18(12-13-37(2)3)29(39-5)34-17-21)15-23(24)28(36-25)33-16-19-8-7-9-22(26(19)30)27(31)32/h7-11,14-15,17,27H,6,12-13,16H2,1-5H3,(H,33,35,36). The van der Waals surface area contributed by atoms with Gasteiger partial charge in [-0.15, -0.1) is 0 Å². The van der Waals surface area contributed by atoms with Crippen LogP contribution in [0.1, 0.15) is 35.9 Å². The van der Waals surface area contributed by atoms with Gasteiger partial charge in [0.2, 0.25) is 5.88 Å². The number of hydrogen-bond acceptors (Lipinski definition) is 7. The van der Waals surface area contributed by atoms with Gasteiger partial charge in [0.25, 0.3) is 6.43 Å². The molecule has 10 heteroatoms. The van der Waals surface area contributed by atoms with Gasteiger partial charge in [-0.1, -0.05) is 25.1 Å². The van der Waals surface area contributed by atoms with E-state index in [-0.39, 0.29) is 12.1 Å². The van der Waals surface area contributed by atoms with Crippen LogP contribution in [-0.2, 0) is 19.4 Å². The fraction of sp³-hybridized carbons (Fsp3) is 0.345. The van der Waals surface area contributed by atoms with Crippen molar-refractivity contribution in [2.75, 3.05) is 45.0 Å². The van der Waals surface area contributed by atoms with Crippen LogP contribution in [0, 0.1) is 5.82 Å². The number of rotatable bonds is 11. The van der Waals surface area contributed by atoms with Gasteiger partial charge in [0.05, 0.1) is 30.1 Å². The maximum atomic E-state index is 14.7. The van der Waals surface area contributed by atoms with E-state index in [1.54, 1.807) is 13.3 Å². The van der Waals surface area contributed by atoms with E-state index in [9.17, 15) is 13.2 Å². The van der Waals surface area contributed by atoms with Crippen LogP contribution in [0.15, 0.2) is 48.7 Å². The number of aryl methyl sites for hydroxylation is 1. The fourth-order valence-electron chi connectivity index (χ4n) is 4.27. The Morgan fingerprint density at radius 2 is 1.79 bits per heavy atom. The first-order valence-corrected chi connectivity index (χ1v) is 12.7. The highest BCUT2D eigenvalue weighted by atomic mass is 19.3. The predicted octanol–water partition coefficient (Wildman–Crippen LogP) is 6.16. The highest BCUT2D eigenvalue weighted by molar-refractivity contribution is 5.92. The van der Waals surface area contributed by atoms with Crippen molar-refractivity contribution in [3.8, 4) is 5.88 Å². The van der Waals surface area contributed by atoms with Crippen LogP contribution in [0.25, 0.3) is 10.9 Å². The number of aromatic nitrogens is 3. The van der Waals surface area contributed by atoms with Gasteiger partial charge in [-0.25, -0.2) is 28.1 Å². The van der Waals surface area contributed by atoms with Gasteiger partial charge in [-0.3, -0.25) is 0 Å². The van der Waals surface area contributed by atoms with Crippen LogP contribution in [-0.4, -0.2) is 54.6 Å². The van der Waals surface area contributed by atoms with Crippen molar-refractivity contribution in [1.82, 2.24) is 19.9 Å². The molecule has 0 saturated heterocycles. The largest absolute Gasteiger partial charge is 0.481 e. The van der Waals surface area contributed by atoms with Gasteiger partial charge in [-0.05, 0) is 44.8 Å². The maximum absolute atomic E-state index is 14.7. The Kier molecular flexibility index (Phi) is 8.86. The summed E-state index contributed by atoms with van der Waals surface area (Å²) in [5, 5.41) is 3.89. The summed E-state index contributed by atoms with van der Waals surface area (Å²) < 4.78 is 46.5. The third-order valence-corrected chi connectivity index (χ3v) is 6.54. The number of methoxy groups -OCH3 is 1. The zero-order valence-electron chi connectivity index (χ0n) is 22.8. The number of nitrogens with zero attached hydrogens (tertiary/aromatic N) is 5. The molecule has 2 heterocycles. The first-order valence-electron chi connectivity index (χ1n) is 12.7. The first kappa shape index (κ1) is 28.1. The third-order valence-electron chi connectivity index (χ3n) is 6.54.